The fraction of sp³-hybridized carbons (Fsp3) is 0. The maximum Gasteiger partial charge on any atom is 0.283 e. The van der Waals surface area contributed by atoms with Gasteiger partial charge in [-0.05, 0) is 29.8 Å². The molecule has 0 bridgehead atoms. The summed E-state index contributed by atoms with van der Waals surface area (Å²) in [5.74, 6) is 0. The van der Waals surface area contributed by atoms with Crippen molar-refractivity contribution in [2.45, 2.75) is 0 Å². The summed E-state index contributed by atoms with van der Waals surface area (Å²) in [6, 6.07) is 8.29. The Morgan fingerprint density at radius 1 is 0.864 bits per heavy atom. The number of nitro benzene ring substituents is 2. The molecule has 6 nitrogen and oxygen atoms in total. The van der Waals surface area contributed by atoms with Crippen LogP contribution in [0.3, 0.4) is 0 Å². The van der Waals surface area contributed by atoms with Crippen LogP contribution in [-0.4, -0.2) is 9.85 Å². The Balaban J connectivity index is 2.42. The van der Waals surface area contributed by atoms with E-state index in [9.17, 15) is 20.2 Å². The first kappa shape index (κ1) is 15.9. The average Bonchev–Trinajstić information content (AvgIpc) is 2.46. The van der Waals surface area contributed by atoms with Crippen molar-refractivity contribution < 1.29 is 9.85 Å². The number of halogens is 2. The fourth-order valence-electron chi connectivity index (χ4n) is 1.76. The number of hydrogen-bond donors (Lipinski definition) is 0. The molecule has 2 rings (SSSR count). The van der Waals surface area contributed by atoms with Gasteiger partial charge in [-0.2, -0.15) is 0 Å². The molecule has 0 amide bonds. The third kappa shape index (κ3) is 3.60. The number of nitro groups is 2. The summed E-state index contributed by atoms with van der Waals surface area (Å²) in [4.78, 5) is 20.3. The van der Waals surface area contributed by atoms with Crippen molar-refractivity contribution in [1.82, 2.24) is 0 Å². The van der Waals surface area contributed by atoms with Gasteiger partial charge in [0.05, 0.1) is 21.5 Å². The zero-order valence-corrected chi connectivity index (χ0v) is 12.4. The van der Waals surface area contributed by atoms with Gasteiger partial charge in [-0.25, -0.2) is 0 Å². The molecule has 0 aliphatic carbocycles. The molecule has 112 valence electrons. The van der Waals surface area contributed by atoms with Gasteiger partial charge >= 0.3 is 0 Å². The van der Waals surface area contributed by atoms with Gasteiger partial charge in [0.1, 0.15) is 0 Å². The highest BCUT2D eigenvalue weighted by molar-refractivity contribution is 6.35. The summed E-state index contributed by atoms with van der Waals surface area (Å²) in [6.07, 6.45) is 3.05. The van der Waals surface area contributed by atoms with E-state index in [0.717, 1.165) is 6.07 Å². The molecule has 0 saturated carbocycles. The number of nitrogens with zero attached hydrogens (tertiary/aromatic N) is 2. The van der Waals surface area contributed by atoms with Crippen molar-refractivity contribution in [1.29, 1.82) is 0 Å². The molecule has 0 aliphatic heterocycles. The van der Waals surface area contributed by atoms with E-state index in [1.165, 1.54) is 18.2 Å². The SMILES string of the molecule is O=[N+]([O-])c1ccc(C=Cc2ccc(Cl)cc2Cl)c([N+](=O)[O-])c1. The van der Waals surface area contributed by atoms with Gasteiger partial charge in [-0.1, -0.05) is 35.3 Å². The molecule has 0 aliphatic rings. The fourth-order valence-corrected chi connectivity index (χ4v) is 2.23. The topological polar surface area (TPSA) is 86.3 Å². The van der Waals surface area contributed by atoms with Crippen LogP contribution in [0, 0.1) is 20.2 Å². The molecule has 0 N–H and O–H groups in total. The Kier molecular flexibility index (Phi) is 4.75. The van der Waals surface area contributed by atoms with Crippen LogP contribution < -0.4 is 0 Å². The zero-order chi connectivity index (χ0) is 16.3. The van der Waals surface area contributed by atoms with Crippen LogP contribution in [0.2, 0.25) is 10.0 Å². The number of benzene rings is 2. The highest BCUT2D eigenvalue weighted by Crippen LogP contribution is 2.28. The van der Waals surface area contributed by atoms with Crippen LogP contribution in [-0.2, 0) is 0 Å². The van der Waals surface area contributed by atoms with Crippen molar-refractivity contribution in [2.24, 2.45) is 0 Å². The van der Waals surface area contributed by atoms with Crippen LogP contribution in [0.1, 0.15) is 11.1 Å². The van der Waals surface area contributed by atoms with Gasteiger partial charge in [0.15, 0.2) is 0 Å². The van der Waals surface area contributed by atoms with E-state index < -0.39 is 9.85 Å². The third-order valence-corrected chi connectivity index (χ3v) is 3.39. The Labute approximate surface area is 134 Å². The lowest BCUT2D eigenvalue weighted by molar-refractivity contribution is -0.394. The van der Waals surface area contributed by atoms with Crippen molar-refractivity contribution in [3.63, 3.8) is 0 Å². The first-order valence-electron chi connectivity index (χ1n) is 5.94. The Morgan fingerprint density at radius 2 is 1.50 bits per heavy atom. The van der Waals surface area contributed by atoms with E-state index in [4.69, 9.17) is 23.2 Å². The molecule has 0 aromatic heterocycles. The predicted octanol–water partition coefficient (Wildman–Crippen LogP) is 4.98. The lowest BCUT2D eigenvalue weighted by Crippen LogP contribution is -1.94. The van der Waals surface area contributed by atoms with Crippen LogP contribution in [0.25, 0.3) is 12.2 Å². The molecular weight excluding hydrogens is 331 g/mol. The average molecular weight is 339 g/mol. The Morgan fingerprint density at radius 3 is 2.09 bits per heavy atom. The monoisotopic (exact) mass is 338 g/mol. The molecule has 0 radical (unpaired) electrons. The van der Waals surface area contributed by atoms with Gasteiger partial charge in [0, 0.05) is 16.1 Å². The predicted molar refractivity (Wildman–Crippen MR) is 85.1 cm³/mol. The minimum Gasteiger partial charge on any atom is -0.258 e. The van der Waals surface area contributed by atoms with Gasteiger partial charge in [0.2, 0.25) is 0 Å². The normalized spacial score (nSPS) is 10.8. The van der Waals surface area contributed by atoms with Gasteiger partial charge in [-0.3, -0.25) is 20.2 Å². The van der Waals surface area contributed by atoms with Crippen LogP contribution in [0.15, 0.2) is 36.4 Å². The van der Waals surface area contributed by atoms with Crippen LogP contribution in [0.4, 0.5) is 11.4 Å². The second-order valence-corrected chi connectivity index (χ2v) is 5.10. The minimum atomic E-state index is -0.684. The molecule has 2 aromatic carbocycles. The highest BCUT2D eigenvalue weighted by atomic mass is 35.5. The molecular formula is C14H8Cl2N2O4. The second-order valence-electron chi connectivity index (χ2n) is 4.26. The van der Waals surface area contributed by atoms with Crippen LogP contribution >= 0.6 is 23.2 Å². The molecule has 0 heterocycles. The molecule has 0 spiro atoms. The summed E-state index contributed by atoms with van der Waals surface area (Å²) in [5, 5.41) is 22.6. The molecule has 0 fully saturated rings. The van der Waals surface area contributed by atoms with E-state index in [1.807, 2.05) is 0 Å². The van der Waals surface area contributed by atoms with E-state index in [-0.39, 0.29) is 16.9 Å². The standard InChI is InChI=1S/C14H8Cl2N2O4/c15-11-5-3-9(13(16)7-11)1-2-10-4-6-12(17(19)20)8-14(10)18(21)22/h1-8H. The number of non-ortho nitro benzene ring substituents is 1. The number of hydrogen-bond acceptors (Lipinski definition) is 4. The summed E-state index contributed by atoms with van der Waals surface area (Å²) >= 11 is 11.8. The first-order valence-corrected chi connectivity index (χ1v) is 6.70. The second kappa shape index (κ2) is 6.55. The molecule has 8 heteroatoms. The highest BCUT2D eigenvalue weighted by Gasteiger charge is 2.17. The van der Waals surface area contributed by atoms with Crippen molar-refractivity contribution in [3.05, 3.63) is 77.8 Å². The lowest BCUT2D eigenvalue weighted by atomic mass is 10.1. The minimum absolute atomic E-state index is 0.238. The van der Waals surface area contributed by atoms with Crippen molar-refractivity contribution in [2.75, 3.05) is 0 Å². The van der Waals surface area contributed by atoms with E-state index in [1.54, 1.807) is 24.3 Å². The largest absolute Gasteiger partial charge is 0.283 e. The van der Waals surface area contributed by atoms with E-state index >= 15 is 0 Å². The lowest BCUT2D eigenvalue weighted by Gasteiger charge is -2.00. The van der Waals surface area contributed by atoms with Gasteiger partial charge < -0.3 is 0 Å². The van der Waals surface area contributed by atoms with E-state index in [0.29, 0.717) is 15.6 Å². The quantitative estimate of drug-likeness (QED) is 0.446. The summed E-state index contributed by atoms with van der Waals surface area (Å²) in [6.45, 7) is 0. The molecule has 0 unspecified atom stereocenters. The van der Waals surface area contributed by atoms with E-state index in [2.05, 4.69) is 0 Å². The number of rotatable bonds is 4. The van der Waals surface area contributed by atoms with Crippen LogP contribution in [0.5, 0.6) is 0 Å². The Bertz CT molecular complexity index is 790. The van der Waals surface area contributed by atoms with Gasteiger partial charge in [0.25, 0.3) is 11.4 Å². The summed E-state index contributed by atoms with van der Waals surface area (Å²) in [7, 11) is 0. The molecule has 2 aromatic rings. The first-order chi connectivity index (χ1) is 10.4. The Hall–Kier alpha value is -2.44. The molecule has 22 heavy (non-hydrogen) atoms. The summed E-state index contributed by atoms with van der Waals surface area (Å²) < 4.78 is 0. The molecule has 0 atom stereocenters. The molecule has 0 saturated heterocycles. The van der Waals surface area contributed by atoms with Crippen molar-refractivity contribution >= 4 is 46.7 Å². The van der Waals surface area contributed by atoms with Crippen molar-refractivity contribution in [3.8, 4) is 0 Å². The van der Waals surface area contributed by atoms with Gasteiger partial charge in [-0.15, -0.1) is 0 Å². The maximum absolute atomic E-state index is 11.0. The summed E-state index contributed by atoms with van der Waals surface area (Å²) in [5.41, 5.74) is 0.171. The maximum atomic E-state index is 11.0. The smallest absolute Gasteiger partial charge is 0.258 e. The third-order valence-electron chi connectivity index (χ3n) is 2.83. The zero-order valence-electron chi connectivity index (χ0n) is 10.9.